The van der Waals surface area contributed by atoms with E-state index in [1.165, 1.54) is 0 Å². The van der Waals surface area contributed by atoms with Gasteiger partial charge >= 0.3 is 0 Å². The molecular weight excluding hydrogens is 296 g/mol. The van der Waals surface area contributed by atoms with Crippen LogP contribution < -0.4 is 10.0 Å². The van der Waals surface area contributed by atoms with E-state index in [9.17, 15) is 8.42 Å². The minimum absolute atomic E-state index is 0.265. The fourth-order valence-electron chi connectivity index (χ4n) is 2.43. The van der Waals surface area contributed by atoms with Crippen molar-refractivity contribution in [3.05, 3.63) is 59.7 Å². The number of aryl methyl sites for hydroxylation is 1. The summed E-state index contributed by atoms with van der Waals surface area (Å²) in [7, 11) is -3.58. The molecule has 5 heteroatoms. The highest BCUT2D eigenvalue weighted by molar-refractivity contribution is 7.92. The van der Waals surface area contributed by atoms with Crippen LogP contribution >= 0.6 is 0 Å². The average Bonchev–Trinajstić information content (AvgIpc) is 2.54. The zero-order valence-electron chi connectivity index (χ0n) is 12.3. The van der Waals surface area contributed by atoms with Crippen LogP contribution in [0.25, 0.3) is 6.08 Å². The Morgan fingerprint density at radius 2 is 2.05 bits per heavy atom. The van der Waals surface area contributed by atoms with Crippen molar-refractivity contribution < 1.29 is 8.42 Å². The summed E-state index contributed by atoms with van der Waals surface area (Å²) in [4.78, 5) is 0.265. The predicted molar refractivity (Wildman–Crippen MR) is 90.6 cm³/mol. The van der Waals surface area contributed by atoms with Crippen molar-refractivity contribution in [1.82, 2.24) is 0 Å². The van der Waals surface area contributed by atoms with Crippen LogP contribution in [0.1, 0.15) is 18.1 Å². The molecule has 0 unspecified atom stereocenters. The predicted octanol–water partition coefficient (Wildman–Crippen LogP) is 3.49. The molecule has 4 nitrogen and oxygen atoms in total. The van der Waals surface area contributed by atoms with Crippen molar-refractivity contribution in [3.63, 3.8) is 0 Å². The van der Waals surface area contributed by atoms with Gasteiger partial charge in [0.15, 0.2) is 0 Å². The summed E-state index contributed by atoms with van der Waals surface area (Å²) in [5, 5.41) is 3.20. The van der Waals surface area contributed by atoms with Gasteiger partial charge in [0.1, 0.15) is 0 Å². The fourth-order valence-corrected chi connectivity index (χ4v) is 3.51. The number of hydrogen-bond acceptors (Lipinski definition) is 3. The maximum absolute atomic E-state index is 12.5. The SMILES string of the molecule is CCc1cccc(NS(=O)(=O)c2ccc3c(c2)C=CCN3)c1. The Morgan fingerprint density at radius 1 is 1.18 bits per heavy atom. The molecule has 0 fully saturated rings. The molecule has 3 rings (SSSR count). The normalized spacial score (nSPS) is 13.3. The molecule has 1 aliphatic heterocycles. The van der Waals surface area contributed by atoms with Crippen molar-refractivity contribution in [2.24, 2.45) is 0 Å². The summed E-state index contributed by atoms with van der Waals surface area (Å²) < 4.78 is 27.7. The van der Waals surface area contributed by atoms with E-state index in [-0.39, 0.29) is 4.90 Å². The van der Waals surface area contributed by atoms with Gasteiger partial charge in [-0.1, -0.05) is 31.2 Å². The van der Waals surface area contributed by atoms with E-state index in [0.29, 0.717) is 5.69 Å². The van der Waals surface area contributed by atoms with Crippen molar-refractivity contribution in [3.8, 4) is 0 Å². The summed E-state index contributed by atoms with van der Waals surface area (Å²) in [6.07, 6.45) is 4.77. The lowest BCUT2D eigenvalue weighted by Gasteiger charge is -2.15. The summed E-state index contributed by atoms with van der Waals surface area (Å²) >= 11 is 0. The maximum Gasteiger partial charge on any atom is 0.261 e. The topological polar surface area (TPSA) is 58.2 Å². The Morgan fingerprint density at radius 3 is 2.86 bits per heavy atom. The first-order valence-electron chi connectivity index (χ1n) is 7.25. The van der Waals surface area contributed by atoms with E-state index >= 15 is 0 Å². The molecule has 2 N–H and O–H groups in total. The third kappa shape index (κ3) is 2.99. The van der Waals surface area contributed by atoms with Gasteiger partial charge in [0.25, 0.3) is 10.0 Å². The van der Waals surface area contributed by atoms with Crippen LogP contribution in [0.5, 0.6) is 0 Å². The van der Waals surface area contributed by atoms with Crippen molar-refractivity contribution in [2.45, 2.75) is 18.2 Å². The van der Waals surface area contributed by atoms with Gasteiger partial charge in [0.05, 0.1) is 4.90 Å². The van der Waals surface area contributed by atoms with E-state index in [1.54, 1.807) is 24.3 Å². The van der Waals surface area contributed by atoms with E-state index < -0.39 is 10.0 Å². The fraction of sp³-hybridized carbons (Fsp3) is 0.176. The number of anilines is 2. The van der Waals surface area contributed by atoms with Crippen LogP contribution in [-0.4, -0.2) is 15.0 Å². The maximum atomic E-state index is 12.5. The number of fused-ring (bicyclic) bond motifs is 1. The molecule has 0 radical (unpaired) electrons. The summed E-state index contributed by atoms with van der Waals surface area (Å²) in [6.45, 7) is 2.80. The van der Waals surface area contributed by atoms with Gasteiger partial charge in [-0.25, -0.2) is 8.42 Å². The van der Waals surface area contributed by atoms with Gasteiger partial charge in [0, 0.05) is 17.9 Å². The monoisotopic (exact) mass is 314 g/mol. The smallest absolute Gasteiger partial charge is 0.261 e. The molecule has 0 aromatic heterocycles. The Labute approximate surface area is 130 Å². The van der Waals surface area contributed by atoms with Crippen molar-refractivity contribution in [1.29, 1.82) is 0 Å². The minimum Gasteiger partial charge on any atom is -0.381 e. The second-order valence-electron chi connectivity index (χ2n) is 5.19. The highest BCUT2D eigenvalue weighted by atomic mass is 32.2. The molecule has 2 aromatic rings. The first-order chi connectivity index (χ1) is 10.6. The lowest BCUT2D eigenvalue weighted by molar-refractivity contribution is 0.601. The van der Waals surface area contributed by atoms with Gasteiger partial charge in [0.2, 0.25) is 0 Å². The summed E-state index contributed by atoms with van der Waals surface area (Å²) in [6, 6.07) is 12.6. The van der Waals surface area contributed by atoms with Crippen LogP contribution in [0.4, 0.5) is 11.4 Å². The van der Waals surface area contributed by atoms with Gasteiger partial charge in [-0.15, -0.1) is 0 Å². The van der Waals surface area contributed by atoms with Crippen molar-refractivity contribution in [2.75, 3.05) is 16.6 Å². The molecule has 0 saturated carbocycles. The highest BCUT2D eigenvalue weighted by Crippen LogP contribution is 2.25. The molecule has 0 atom stereocenters. The van der Waals surface area contributed by atoms with E-state index in [4.69, 9.17) is 0 Å². The number of sulfonamides is 1. The second-order valence-corrected chi connectivity index (χ2v) is 6.87. The number of benzene rings is 2. The second kappa shape index (κ2) is 5.85. The first kappa shape index (κ1) is 14.7. The summed E-state index contributed by atoms with van der Waals surface area (Å²) in [5.41, 5.74) is 3.52. The zero-order valence-corrected chi connectivity index (χ0v) is 13.2. The molecule has 0 spiro atoms. The van der Waals surface area contributed by atoms with Crippen LogP contribution in [0, 0.1) is 0 Å². The lowest BCUT2D eigenvalue weighted by atomic mass is 10.1. The van der Waals surface area contributed by atoms with E-state index in [2.05, 4.69) is 10.0 Å². The molecule has 0 saturated heterocycles. The molecule has 1 heterocycles. The Bertz CT molecular complexity index is 826. The zero-order chi connectivity index (χ0) is 15.6. The molecule has 0 bridgehead atoms. The largest absolute Gasteiger partial charge is 0.381 e. The molecule has 0 amide bonds. The average molecular weight is 314 g/mol. The number of hydrogen-bond donors (Lipinski definition) is 2. The Kier molecular flexibility index (Phi) is 3.90. The van der Waals surface area contributed by atoms with Crippen molar-refractivity contribution >= 4 is 27.5 Å². The van der Waals surface area contributed by atoms with Crippen LogP contribution in [0.2, 0.25) is 0 Å². The Hall–Kier alpha value is -2.27. The summed E-state index contributed by atoms with van der Waals surface area (Å²) in [5.74, 6) is 0. The molecule has 22 heavy (non-hydrogen) atoms. The third-order valence-electron chi connectivity index (χ3n) is 3.63. The van der Waals surface area contributed by atoms with E-state index in [1.807, 2.05) is 37.3 Å². The van der Waals surface area contributed by atoms with Gasteiger partial charge in [-0.2, -0.15) is 0 Å². The van der Waals surface area contributed by atoms with Crippen LogP contribution in [0.15, 0.2) is 53.4 Å². The molecule has 0 aliphatic carbocycles. The molecular formula is C17H18N2O2S. The highest BCUT2D eigenvalue weighted by Gasteiger charge is 2.16. The minimum atomic E-state index is -3.58. The number of nitrogens with one attached hydrogen (secondary N) is 2. The molecule has 114 valence electrons. The lowest BCUT2D eigenvalue weighted by Crippen LogP contribution is -2.14. The third-order valence-corrected chi connectivity index (χ3v) is 5.01. The van der Waals surface area contributed by atoms with Gasteiger partial charge in [-0.3, -0.25) is 4.72 Å². The van der Waals surface area contributed by atoms with Crippen LogP contribution in [-0.2, 0) is 16.4 Å². The van der Waals surface area contributed by atoms with E-state index in [0.717, 1.165) is 29.8 Å². The molecule has 1 aliphatic rings. The first-order valence-corrected chi connectivity index (χ1v) is 8.73. The van der Waals surface area contributed by atoms with Crippen LogP contribution in [0.3, 0.4) is 0 Å². The Balaban J connectivity index is 1.91. The standard InChI is InChI=1S/C17H18N2O2S/c1-2-13-5-3-7-15(11-13)19-22(20,21)16-8-9-17-14(12-16)6-4-10-18-17/h3-9,11-12,18-19H,2,10H2,1H3. The van der Waals surface area contributed by atoms with Gasteiger partial charge in [-0.05, 0) is 47.9 Å². The molecule has 2 aromatic carbocycles. The number of rotatable bonds is 4. The quantitative estimate of drug-likeness (QED) is 0.908. The van der Waals surface area contributed by atoms with Gasteiger partial charge < -0.3 is 5.32 Å².